The Labute approximate surface area is 182 Å². The highest BCUT2D eigenvalue weighted by Gasteiger charge is 2.26. The number of carbonyl (C=O) groups is 1. The highest BCUT2D eigenvalue weighted by molar-refractivity contribution is 7.99. The van der Waals surface area contributed by atoms with Gasteiger partial charge < -0.3 is 20.3 Å². The highest BCUT2D eigenvalue weighted by Crippen LogP contribution is 2.31. The minimum atomic E-state index is -1.23. The maximum absolute atomic E-state index is 14.7. The molecule has 31 heavy (non-hydrogen) atoms. The number of rotatable bonds is 5. The van der Waals surface area contributed by atoms with Crippen LogP contribution in [-0.2, 0) is 10.5 Å². The van der Waals surface area contributed by atoms with E-state index in [1.54, 1.807) is 16.7 Å². The van der Waals surface area contributed by atoms with E-state index in [1.807, 2.05) is 0 Å². The standard InChI is InChI=1S/C21H26F2N4O3S/c1-11(28)27-7-6-12(9-27)24-16-8-15-18(20(23)19(16)22)21(30)26-17(25-15)10-31-14-4-2-13(29)3-5-14/h8,12-14,24,29H,2-7,9-10H2,1H3,(H,25,26,30)/t12-,13?,14?/m1/s1. The highest BCUT2D eigenvalue weighted by atomic mass is 32.2. The smallest absolute Gasteiger partial charge is 0.261 e. The number of halogens is 2. The van der Waals surface area contributed by atoms with Crippen LogP contribution in [0.2, 0.25) is 0 Å². The molecular weight excluding hydrogens is 426 g/mol. The molecule has 2 fully saturated rings. The number of fused-ring (bicyclic) bond motifs is 1. The van der Waals surface area contributed by atoms with Gasteiger partial charge in [-0.15, -0.1) is 0 Å². The first kappa shape index (κ1) is 22.0. The number of carbonyl (C=O) groups excluding carboxylic acids is 1. The van der Waals surface area contributed by atoms with Gasteiger partial charge in [0, 0.05) is 31.3 Å². The number of aromatic amines is 1. The number of H-pyrrole nitrogens is 1. The number of aliphatic hydroxyl groups excluding tert-OH is 1. The lowest BCUT2D eigenvalue weighted by Crippen LogP contribution is -2.30. The molecule has 1 aliphatic heterocycles. The average molecular weight is 453 g/mol. The molecule has 0 bridgehead atoms. The van der Waals surface area contributed by atoms with Gasteiger partial charge in [-0.3, -0.25) is 9.59 Å². The summed E-state index contributed by atoms with van der Waals surface area (Å²) >= 11 is 1.65. The molecule has 1 aromatic heterocycles. The molecule has 1 aromatic carbocycles. The largest absolute Gasteiger partial charge is 0.393 e. The molecule has 1 atom stereocenters. The summed E-state index contributed by atoms with van der Waals surface area (Å²) in [5.41, 5.74) is -0.661. The van der Waals surface area contributed by atoms with Crippen molar-refractivity contribution in [2.45, 2.75) is 62.2 Å². The Kier molecular flexibility index (Phi) is 6.47. The van der Waals surface area contributed by atoms with Crippen LogP contribution in [0.5, 0.6) is 0 Å². The Morgan fingerprint density at radius 3 is 2.71 bits per heavy atom. The number of likely N-dealkylation sites (tertiary alicyclic amines) is 1. The zero-order valence-electron chi connectivity index (χ0n) is 17.3. The number of hydrogen-bond donors (Lipinski definition) is 3. The fourth-order valence-corrected chi connectivity index (χ4v) is 5.39. The summed E-state index contributed by atoms with van der Waals surface area (Å²) in [6.07, 6.45) is 3.72. The zero-order chi connectivity index (χ0) is 22.1. The number of anilines is 1. The van der Waals surface area contributed by atoms with Crippen molar-refractivity contribution in [1.29, 1.82) is 0 Å². The molecule has 7 nitrogen and oxygen atoms in total. The van der Waals surface area contributed by atoms with Crippen LogP contribution in [-0.4, -0.2) is 56.4 Å². The minimum absolute atomic E-state index is 0.0571. The second-order valence-corrected chi connectivity index (χ2v) is 9.58. The lowest BCUT2D eigenvalue weighted by Gasteiger charge is -2.24. The van der Waals surface area contributed by atoms with Crippen LogP contribution in [0.1, 0.15) is 44.9 Å². The molecule has 1 aliphatic carbocycles. The first-order valence-electron chi connectivity index (χ1n) is 10.5. The van der Waals surface area contributed by atoms with E-state index in [4.69, 9.17) is 0 Å². The van der Waals surface area contributed by atoms with Gasteiger partial charge in [-0.05, 0) is 38.2 Å². The Hall–Kier alpha value is -2.20. The number of benzene rings is 1. The van der Waals surface area contributed by atoms with Crippen LogP contribution in [0.3, 0.4) is 0 Å². The van der Waals surface area contributed by atoms with Crippen LogP contribution in [0.25, 0.3) is 10.9 Å². The third kappa shape index (κ3) is 4.85. The molecule has 0 radical (unpaired) electrons. The van der Waals surface area contributed by atoms with Crippen molar-refractivity contribution >= 4 is 34.3 Å². The Morgan fingerprint density at radius 1 is 1.29 bits per heavy atom. The lowest BCUT2D eigenvalue weighted by atomic mass is 9.97. The quantitative estimate of drug-likeness (QED) is 0.645. The average Bonchev–Trinajstić information content (AvgIpc) is 3.20. The number of aliphatic hydroxyl groups is 1. The molecule has 2 heterocycles. The number of thioether (sulfide) groups is 1. The summed E-state index contributed by atoms with van der Waals surface area (Å²) in [5.74, 6) is -1.55. The molecule has 1 amide bonds. The third-order valence-corrected chi connectivity index (χ3v) is 7.40. The first-order chi connectivity index (χ1) is 14.8. The van der Waals surface area contributed by atoms with Crippen molar-refractivity contribution in [2.75, 3.05) is 18.4 Å². The van der Waals surface area contributed by atoms with Gasteiger partial charge in [-0.2, -0.15) is 11.8 Å². The predicted octanol–water partition coefficient (Wildman–Crippen LogP) is 2.77. The third-order valence-electron chi connectivity index (χ3n) is 6.02. The summed E-state index contributed by atoms with van der Waals surface area (Å²) in [6.45, 7) is 2.45. The topological polar surface area (TPSA) is 98.3 Å². The molecule has 2 aromatic rings. The Bertz CT molecular complexity index is 1040. The van der Waals surface area contributed by atoms with Gasteiger partial charge in [0.05, 0.1) is 23.1 Å². The molecule has 3 N–H and O–H groups in total. The molecule has 0 spiro atoms. The van der Waals surface area contributed by atoms with E-state index >= 15 is 0 Å². The summed E-state index contributed by atoms with van der Waals surface area (Å²) in [6, 6.07) is 1.17. The van der Waals surface area contributed by atoms with E-state index in [9.17, 15) is 23.5 Å². The normalized spacial score (nSPS) is 24.0. The van der Waals surface area contributed by atoms with Crippen LogP contribution in [0.4, 0.5) is 14.5 Å². The zero-order valence-corrected chi connectivity index (χ0v) is 18.1. The van der Waals surface area contributed by atoms with Gasteiger partial charge in [0.25, 0.3) is 5.56 Å². The number of hydrogen-bond acceptors (Lipinski definition) is 6. The second kappa shape index (κ2) is 9.12. The second-order valence-electron chi connectivity index (χ2n) is 8.30. The molecule has 168 valence electrons. The fraction of sp³-hybridized carbons (Fsp3) is 0.571. The van der Waals surface area contributed by atoms with Gasteiger partial charge in [0.2, 0.25) is 5.91 Å². The van der Waals surface area contributed by atoms with Gasteiger partial charge in [-0.1, -0.05) is 0 Å². The van der Waals surface area contributed by atoms with Crippen molar-refractivity contribution in [1.82, 2.24) is 14.9 Å². The van der Waals surface area contributed by atoms with Crippen molar-refractivity contribution < 1.29 is 18.7 Å². The number of amides is 1. The minimum Gasteiger partial charge on any atom is -0.393 e. The van der Waals surface area contributed by atoms with Crippen molar-refractivity contribution in [3.63, 3.8) is 0 Å². The molecule has 1 saturated heterocycles. The van der Waals surface area contributed by atoms with E-state index in [0.29, 0.717) is 36.3 Å². The first-order valence-corrected chi connectivity index (χ1v) is 11.6. The lowest BCUT2D eigenvalue weighted by molar-refractivity contribution is -0.127. The summed E-state index contributed by atoms with van der Waals surface area (Å²) in [7, 11) is 0. The van der Waals surface area contributed by atoms with Crippen molar-refractivity contribution in [3.05, 3.63) is 33.9 Å². The van der Waals surface area contributed by atoms with Gasteiger partial charge in [0.15, 0.2) is 11.6 Å². The summed E-state index contributed by atoms with van der Waals surface area (Å²) < 4.78 is 29.3. The molecule has 1 saturated carbocycles. The summed E-state index contributed by atoms with van der Waals surface area (Å²) in [4.78, 5) is 32.5. The molecule has 0 unspecified atom stereocenters. The van der Waals surface area contributed by atoms with Crippen LogP contribution in [0, 0.1) is 11.6 Å². The van der Waals surface area contributed by atoms with Gasteiger partial charge in [-0.25, -0.2) is 13.8 Å². The molecule has 4 rings (SSSR count). The Morgan fingerprint density at radius 2 is 2.03 bits per heavy atom. The Balaban J connectivity index is 1.54. The van der Waals surface area contributed by atoms with Crippen molar-refractivity contribution in [3.8, 4) is 0 Å². The van der Waals surface area contributed by atoms with E-state index in [1.165, 1.54) is 13.0 Å². The molecule has 10 heteroatoms. The maximum atomic E-state index is 14.7. The maximum Gasteiger partial charge on any atom is 0.261 e. The number of aromatic nitrogens is 2. The number of nitrogens with zero attached hydrogens (tertiary/aromatic N) is 2. The van der Waals surface area contributed by atoms with E-state index < -0.39 is 22.6 Å². The van der Waals surface area contributed by atoms with Gasteiger partial charge in [0.1, 0.15) is 11.2 Å². The number of nitrogens with one attached hydrogen (secondary N) is 2. The van der Waals surface area contributed by atoms with E-state index in [2.05, 4.69) is 15.3 Å². The van der Waals surface area contributed by atoms with Crippen molar-refractivity contribution in [2.24, 2.45) is 0 Å². The summed E-state index contributed by atoms with van der Waals surface area (Å²) in [5, 5.41) is 12.6. The SMILES string of the molecule is CC(=O)N1CC[C@@H](Nc2cc3nc(CSC4CCC(O)CC4)[nH]c(=O)c3c(F)c2F)C1. The van der Waals surface area contributed by atoms with E-state index in [-0.39, 0.29) is 29.3 Å². The monoisotopic (exact) mass is 452 g/mol. The molecule has 2 aliphatic rings. The molecular formula is C21H26F2N4O3S. The van der Waals surface area contributed by atoms with Crippen LogP contribution in [0.15, 0.2) is 10.9 Å². The van der Waals surface area contributed by atoms with Crippen LogP contribution < -0.4 is 10.9 Å². The fourth-order valence-electron chi connectivity index (χ4n) is 4.25. The van der Waals surface area contributed by atoms with E-state index in [0.717, 1.165) is 25.7 Å². The van der Waals surface area contributed by atoms with Gasteiger partial charge >= 0.3 is 0 Å². The van der Waals surface area contributed by atoms with Crippen LogP contribution >= 0.6 is 11.8 Å². The predicted molar refractivity (Wildman–Crippen MR) is 116 cm³/mol.